The first-order valence-corrected chi connectivity index (χ1v) is 5.05. The first-order valence-electron chi connectivity index (χ1n) is 5.05. The first kappa shape index (κ1) is 13.9. The molecule has 1 heterocycles. The molecule has 1 rings (SSSR count). The lowest BCUT2D eigenvalue weighted by Gasteiger charge is -2.08. The second-order valence-electron chi connectivity index (χ2n) is 3.52. The Kier molecular flexibility index (Phi) is 4.88. The summed E-state index contributed by atoms with van der Waals surface area (Å²) in [6.45, 7) is 0.275. The molecule has 0 saturated carbocycles. The number of aryl methyl sites for hydroxylation is 1. The Bertz CT molecular complexity index is 336. The van der Waals surface area contributed by atoms with Gasteiger partial charge in [0.15, 0.2) is 5.82 Å². The minimum atomic E-state index is -4.22. The van der Waals surface area contributed by atoms with Crippen LogP contribution in [0.3, 0.4) is 0 Å². The van der Waals surface area contributed by atoms with Gasteiger partial charge in [0.25, 0.3) is 0 Å². The van der Waals surface area contributed by atoms with E-state index in [-0.39, 0.29) is 30.8 Å². The number of methoxy groups -OCH3 is 1. The third kappa shape index (κ3) is 5.14. The molecule has 0 aromatic carbocycles. The van der Waals surface area contributed by atoms with Crippen LogP contribution in [0.4, 0.5) is 13.2 Å². The van der Waals surface area contributed by atoms with E-state index in [0.717, 1.165) is 0 Å². The van der Waals surface area contributed by atoms with Crippen molar-refractivity contribution in [1.29, 1.82) is 0 Å². The summed E-state index contributed by atoms with van der Waals surface area (Å²) in [6, 6.07) is 0. The Morgan fingerprint density at radius 1 is 1.47 bits per heavy atom. The number of ether oxygens (including phenoxy) is 1. The molecular formula is C9H14F3N3O2. The lowest BCUT2D eigenvalue weighted by atomic mass is 10.2. The highest BCUT2D eigenvalue weighted by Crippen LogP contribution is 2.21. The molecule has 0 fully saturated rings. The molecule has 1 aromatic rings. The molecule has 1 unspecified atom stereocenters. The summed E-state index contributed by atoms with van der Waals surface area (Å²) in [6.07, 6.45) is -5.44. The zero-order valence-corrected chi connectivity index (χ0v) is 9.33. The number of aromatic nitrogens is 2. The van der Waals surface area contributed by atoms with Gasteiger partial charge in [-0.25, -0.2) is 0 Å². The van der Waals surface area contributed by atoms with E-state index >= 15 is 0 Å². The number of hydrogen-bond donors (Lipinski definition) is 1. The van der Waals surface area contributed by atoms with E-state index in [9.17, 15) is 13.2 Å². The Morgan fingerprint density at radius 3 is 2.71 bits per heavy atom. The van der Waals surface area contributed by atoms with Crippen molar-refractivity contribution in [2.45, 2.75) is 31.5 Å². The monoisotopic (exact) mass is 253 g/mol. The Labute approximate surface area is 96.1 Å². The Morgan fingerprint density at radius 2 is 2.18 bits per heavy atom. The average molecular weight is 253 g/mol. The van der Waals surface area contributed by atoms with Crippen molar-refractivity contribution < 1.29 is 22.4 Å². The average Bonchev–Trinajstić information content (AvgIpc) is 2.70. The molecule has 1 atom stereocenters. The topological polar surface area (TPSA) is 74.2 Å². The van der Waals surface area contributed by atoms with Crippen LogP contribution in [0.2, 0.25) is 0 Å². The molecule has 0 radical (unpaired) electrons. The number of rotatable bonds is 6. The molecule has 0 aliphatic heterocycles. The first-order chi connectivity index (χ1) is 7.94. The summed E-state index contributed by atoms with van der Waals surface area (Å²) in [7, 11) is 1.48. The highest BCUT2D eigenvalue weighted by molar-refractivity contribution is 4.89. The van der Waals surface area contributed by atoms with Gasteiger partial charge in [0.1, 0.15) is 0 Å². The van der Waals surface area contributed by atoms with Crippen molar-refractivity contribution >= 4 is 0 Å². The smallest absolute Gasteiger partial charge is 0.380 e. The molecule has 8 heteroatoms. The summed E-state index contributed by atoms with van der Waals surface area (Å²) in [5.41, 5.74) is 5.39. The zero-order chi connectivity index (χ0) is 12.9. The fourth-order valence-corrected chi connectivity index (χ4v) is 1.19. The van der Waals surface area contributed by atoms with Crippen LogP contribution in [-0.4, -0.2) is 36.1 Å². The van der Waals surface area contributed by atoms with E-state index in [0.29, 0.717) is 6.42 Å². The van der Waals surface area contributed by atoms with E-state index in [1.807, 2.05) is 0 Å². The van der Waals surface area contributed by atoms with Gasteiger partial charge in [0.05, 0.1) is 18.9 Å². The van der Waals surface area contributed by atoms with Gasteiger partial charge in [-0.2, -0.15) is 18.2 Å². The molecule has 1 aromatic heterocycles. The lowest BCUT2D eigenvalue weighted by Crippen LogP contribution is -2.24. The maximum Gasteiger partial charge on any atom is 0.389 e. The summed E-state index contributed by atoms with van der Waals surface area (Å²) >= 11 is 0. The zero-order valence-electron chi connectivity index (χ0n) is 9.33. The van der Waals surface area contributed by atoms with Crippen molar-refractivity contribution in [1.82, 2.24) is 10.1 Å². The van der Waals surface area contributed by atoms with Crippen LogP contribution in [0.5, 0.6) is 0 Å². The lowest BCUT2D eigenvalue weighted by molar-refractivity contribution is -0.134. The van der Waals surface area contributed by atoms with Crippen molar-refractivity contribution in [2.75, 3.05) is 13.7 Å². The molecule has 5 nitrogen and oxygen atoms in total. The highest BCUT2D eigenvalue weighted by Gasteiger charge is 2.27. The largest absolute Gasteiger partial charge is 0.389 e. The van der Waals surface area contributed by atoms with Crippen LogP contribution >= 0.6 is 0 Å². The van der Waals surface area contributed by atoms with Crippen molar-refractivity contribution in [3.8, 4) is 0 Å². The Hall–Kier alpha value is -1.15. The van der Waals surface area contributed by atoms with Gasteiger partial charge in [-0.15, -0.1) is 0 Å². The van der Waals surface area contributed by atoms with E-state index in [2.05, 4.69) is 10.1 Å². The van der Waals surface area contributed by atoms with Crippen molar-refractivity contribution in [3.63, 3.8) is 0 Å². The molecule has 0 spiro atoms. The van der Waals surface area contributed by atoms with Crippen LogP contribution in [0.25, 0.3) is 0 Å². The number of hydrogen-bond acceptors (Lipinski definition) is 5. The van der Waals surface area contributed by atoms with E-state index in [4.69, 9.17) is 15.0 Å². The van der Waals surface area contributed by atoms with E-state index in [1.54, 1.807) is 0 Å². The normalized spacial score (nSPS) is 13.9. The standard InChI is InChI=1S/C9H14F3N3O2/c1-16-6(5-13)4-8-14-7(15-17-8)2-3-9(10,11)12/h6H,2-5,13H2,1H3. The minimum Gasteiger partial charge on any atom is -0.380 e. The van der Waals surface area contributed by atoms with Gasteiger partial charge in [0.2, 0.25) is 5.89 Å². The highest BCUT2D eigenvalue weighted by atomic mass is 19.4. The van der Waals surface area contributed by atoms with Gasteiger partial charge in [-0.1, -0.05) is 5.16 Å². The molecule has 0 amide bonds. The Balaban J connectivity index is 2.48. The molecule has 2 N–H and O–H groups in total. The third-order valence-electron chi connectivity index (χ3n) is 2.14. The fraction of sp³-hybridized carbons (Fsp3) is 0.778. The van der Waals surface area contributed by atoms with Crippen LogP contribution in [0.15, 0.2) is 4.52 Å². The summed E-state index contributed by atoms with van der Waals surface area (Å²) < 4.78 is 45.6. The van der Waals surface area contributed by atoms with Gasteiger partial charge in [-0.05, 0) is 0 Å². The van der Waals surface area contributed by atoms with E-state index in [1.165, 1.54) is 7.11 Å². The van der Waals surface area contributed by atoms with Crippen molar-refractivity contribution in [3.05, 3.63) is 11.7 Å². The quantitative estimate of drug-likeness (QED) is 0.821. The fourth-order valence-electron chi connectivity index (χ4n) is 1.19. The van der Waals surface area contributed by atoms with Gasteiger partial charge >= 0.3 is 6.18 Å². The third-order valence-corrected chi connectivity index (χ3v) is 2.14. The molecule has 17 heavy (non-hydrogen) atoms. The SMILES string of the molecule is COC(CN)Cc1nc(CCC(F)(F)F)no1. The summed E-state index contributed by atoms with van der Waals surface area (Å²) in [5.74, 6) is 0.281. The predicted molar refractivity (Wildman–Crippen MR) is 52.2 cm³/mol. The number of halogens is 3. The maximum atomic E-state index is 11.9. The van der Waals surface area contributed by atoms with Gasteiger partial charge in [-0.3, -0.25) is 0 Å². The molecule has 0 bridgehead atoms. The second-order valence-corrected chi connectivity index (χ2v) is 3.52. The molecule has 98 valence electrons. The number of alkyl halides is 3. The van der Waals surface area contributed by atoms with Gasteiger partial charge < -0.3 is 15.0 Å². The number of nitrogens with zero attached hydrogens (tertiary/aromatic N) is 2. The summed E-state index contributed by atoms with van der Waals surface area (Å²) in [5, 5.41) is 3.46. The maximum absolute atomic E-state index is 11.9. The van der Waals surface area contributed by atoms with Crippen LogP contribution in [0.1, 0.15) is 18.1 Å². The van der Waals surface area contributed by atoms with Gasteiger partial charge in [0, 0.05) is 20.1 Å². The van der Waals surface area contributed by atoms with Crippen LogP contribution in [-0.2, 0) is 17.6 Å². The van der Waals surface area contributed by atoms with Crippen molar-refractivity contribution in [2.24, 2.45) is 5.73 Å². The second kappa shape index (κ2) is 5.97. The molecule has 0 aliphatic rings. The molecular weight excluding hydrogens is 239 g/mol. The van der Waals surface area contributed by atoms with Crippen LogP contribution < -0.4 is 5.73 Å². The minimum absolute atomic E-state index is 0.0456. The molecule has 0 aliphatic carbocycles. The predicted octanol–water partition coefficient (Wildman–Crippen LogP) is 1.08. The summed E-state index contributed by atoms with van der Waals surface area (Å²) in [4.78, 5) is 3.84. The number of nitrogens with two attached hydrogens (primary N) is 1. The van der Waals surface area contributed by atoms with E-state index < -0.39 is 12.6 Å². The molecule has 0 saturated heterocycles. The van der Waals surface area contributed by atoms with Crippen LogP contribution in [0, 0.1) is 0 Å².